The molecule has 0 unspecified atom stereocenters. The Morgan fingerprint density at radius 2 is 1.84 bits per heavy atom. The maximum Gasteiger partial charge on any atom is 0.328 e. The van der Waals surface area contributed by atoms with E-state index in [2.05, 4.69) is 5.32 Å². The minimum Gasteiger partial charge on any atom is -0.399 e. The first-order chi connectivity index (χ1) is 14.7. The molecule has 0 saturated heterocycles. The third-order valence-electron chi connectivity index (χ3n) is 4.65. The van der Waals surface area contributed by atoms with Gasteiger partial charge < -0.3 is 11.1 Å². The molecule has 5 amide bonds. The van der Waals surface area contributed by atoms with Gasteiger partial charge in [0, 0.05) is 37.8 Å². The van der Waals surface area contributed by atoms with Crippen molar-refractivity contribution in [2.45, 2.75) is 13.3 Å². The molecule has 160 valence electrons. The molecule has 2 aromatic rings. The third-order valence-corrected chi connectivity index (χ3v) is 4.65. The number of amides is 5. The molecule has 2 aromatic carbocycles. The van der Waals surface area contributed by atoms with Crippen LogP contribution < -0.4 is 16.0 Å². The van der Waals surface area contributed by atoms with Gasteiger partial charge in [0.15, 0.2) is 0 Å². The van der Waals surface area contributed by atoms with Crippen LogP contribution >= 0.6 is 0 Å². The number of non-ortho nitro benzene ring substituents is 1. The highest BCUT2D eigenvalue weighted by Crippen LogP contribution is 2.26. The zero-order valence-electron chi connectivity index (χ0n) is 16.5. The molecule has 1 aliphatic rings. The molecule has 0 saturated carbocycles. The van der Waals surface area contributed by atoms with E-state index in [4.69, 9.17) is 5.73 Å². The quantitative estimate of drug-likeness (QED) is 0.235. The molecule has 0 aliphatic carbocycles. The van der Waals surface area contributed by atoms with E-state index in [0.29, 0.717) is 11.4 Å². The fraction of sp³-hybridized carbons (Fsp3) is 0.200. The standard InChI is InChI=1S/C20H19N5O6/c1-12(26)24(14-5-2-4-13(21)10-14)20(29)22-8-3-9-23-18(27)16-7-6-15(25(30)31)11-17(16)19(23)28/h2,4-7,10-11H,3,8-9,21H2,1H3,(H,22,29). The third kappa shape index (κ3) is 4.34. The summed E-state index contributed by atoms with van der Waals surface area (Å²) in [6.07, 6.45) is 0.224. The summed E-state index contributed by atoms with van der Waals surface area (Å²) < 4.78 is 0. The number of hydrogen-bond acceptors (Lipinski definition) is 7. The lowest BCUT2D eigenvalue weighted by Gasteiger charge is -2.20. The Labute approximate surface area is 176 Å². The summed E-state index contributed by atoms with van der Waals surface area (Å²) in [7, 11) is 0. The van der Waals surface area contributed by atoms with Crippen LogP contribution in [0, 0.1) is 10.1 Å². The van der Waals surface area contributed by atoms with Crippen molar-refractivity contribution in [1.29, 1.82) is 0 Å². The first-order valence-corrected chi connectivity index (χ1v) is 9.29. The van der Waals surface area contributed by atoms with Crippen LogP contribution in [0.5, 0.6) is 0 Å². The second-order valence-electron chi connectivity index (χ2n) is 6.78. The zero-order valence-corrected chi connectivity index (χ0v) is 16.5. The van der Waals surface area contributed by atoms with Gasteiger partial charge in [-0.15, -0.1) is 0 Å². The minimum atomic E-state index is -0.670. The van der Waals surface area contributed by atoms with Crippen LogP contribution in [0.3, 0.4) is 0 Å². The maximum atomic E-state index is 12.5. The highest BCUT2D eigenvalue weighted by Gasteiger charge is 2.36. The Hall–Kier alpha value is -4.28. The van der Waals surface area contributed by atoms with E-state index >= 15 is 0 Å². The van der Waals surface area contributed by atoms with Crippen molar-refractivity contribution in [3.05, 3.63) is 63.7 Å². The topological polar surface area (TPSA) is 156 Å². The number of nitro groups is 1. The molecule has 0 bridgehead atoms. The lowest BCUT2D eigenvalue weighted by Crippen LogP contribution is -2.44. The molecule has 1 heterocycles. The summed E-state index contributed by atoms with van der Waals surface area (Å²) in [6, 6.07) is 9.11. The number of carbonyl (C=O) groups excluding carboxylic acids is 4. The summed E-state index contributed by atoms with van der Waals surface area (Å²) in [5.74, 6) is -1.68. The number of nitro benzene ring substituents is 1. The molecule has 0 spiro atoms. The number of fused-ring (bicyclic) bond motifs is 1. The smallest absolute Gasteiger partial charge is 0.328 e. The molecule has 11 heteroatoms. The molecule has 3 N–H and O–H groups in total. The van der Waals surface area contributed by atoms with E-state index in [9.17, 15) is 29.3 Å². The van der Waals surface area contributed by atoms with Crippen molar-refractivity contribution in [3.63, 3.8) is 0 Å². The summed E-state index contributed by atoms with van der Waals surface area (Å²) in [6.45, 7) is 1.32. The normalized spacial score (nSPS) is 12.5. The molecule has 31 heavy (non-hydrogen) atoms. The highest BCUT2D eigenvalue weighted by atomic mass is 16.6. The van der Waals surface area contributed by atoms with Gasteiger partial charge in [-0.3, -0.25) is 29.4 Å². The Balaban J connectivity index is 1.59. The van der Waals surface area contributed by atoms with Crippen LogP contribution in [0.4, 0.5) is 21.9 Å². The van der Waals surface area contributed by atoms with Gasteiger partial charge in [-0.05, 0) is 30.7 Å². The lowest BCUT2D eigenvalue weighted by atomic mass is 10.1. The van der Waals surface area contributed by atoms with Crippen LogP contribution in [0.2, 0.25) is 0 Å². The molecule has 0 fully saturated rings. The van der Waals surface area contributed by atoms with Gasteiger partial charge in [0.2, 0.25) is 5.91 Å². The van der Waals surface area contributed by atoms with Crippen molar-refractivity contribution in [2.75, 3.05) is 23.7 Å². The predicted octanol–water partition coefficient (Wildman–Crippen LogP) is 1.93. The lowest BCUT2D eigenvalue weighted by molar-refractivity contribution is -0.384. The Bertz CT molecular complexity index is 1100. The average molecular weight is 425 g/mol. The zero-order chi connectivity index (χ0) is 22.7. The number of imide groups is 2. The van der Waals surface area contributed by atoms with Crippen molar-refractivity contribution in [1.82, 2.24) is 10.2 Å². The summed E-state index contributed by atoms with van der Waals surface area (Å²) in [4.78, 5) is 61.4. The molecular weight excluding hydrogens is 406 g/mol. The SMILES string of the molecule is CC(=O)N(C(=O)NCCCN1C(=O)c2ccc([N+](=O)[O-])cc2C1=O)c1cccc(N)c1. The monoisotopic (exact) mass is 425 g/mol. The van der Waals surface area contributed by atoms with Crippen LogP contribution in [-0.4, -0.2) is 46.7 Å². The van der Waals surface area contributed by atoms with Crippen LogP contribution in [0.25, 0.3) is 0 Å². The largest absolute Gasteiger partial charge is 0.399 e. The summed E-state index contributed by atoms with van der Waals surface area (Å²) >= 11 is 0. The average Bonchev–Trinajstić information content (AvgIpc) is 2.95. The second-order valence-corrected chi connectivity index (χ2v) is 6.78. The van der Waals surface area contributed by atoms with E-state index in [0.717, 1.165) is 15.9 Å². The Morgan fingerprint density at radius 1 is 1.13 bits per heavy atom. The number of rotatable bonds is 6. The van der Waals surface area contributed by atoms with Gasteiger partial charge in [-0.2, -0.15) is 0 Å². The van der Waals surface area contributed by atoms with E-state index in [1.807, 2.05) is 0 Å². The number of urea groups is 1. The number of nitrogens with one attached hydrogen (secondary N) is 1. The number of carbonyl (C=O) groups is 4. The number of anilines is 2. The van der Waals surface area contributed by atoms with Gasteiger partial charge in [-0.1, -0.05) is 6.07 Å². The van der Waals surface area contributed by atoms with Crippen molar-refractivity contribution in [3.8, 4) is 0 Å². The predicted molar refractivity (Wildman–Crippen MR) is 110 cm³/mol. The van der Waals surface area contributed by atoms with Gasteiger partial charge in [0.25, 0.3) is 17.5 Å². The summed E-state index contributed by atoms with van der Waals surface area (Å²) in [5.41, 5.74) is 6.21. The Morgan fingerprint density at radius 3 is 2.48 bits per heavy atom. The number of nitrogens with zero attached hydrogens (tertiary/aromatic N) is 3. The molecular formula is C20H19N5O6. The molecule has 1 aliphatic heterocycles. The van der Waals surface area contributed by atoms with Gasteiger partial charge >= 0.3 is 6.03 Å². The Kier molecular flexibility index (Phi) is 5.95. The molecule has 0 radical (unpaired) electrons. The molecule has 11 nitrogen and oxygen atoms in total. The summed E-state index contributed by atoms with van der Waals surface area (Å²) in [5, 5.41) is 13.5. The fourth-order valence-corrected chi connectivity index (χ4v) is 3.21. The number of benzene rings is 2. The second kappa shape index (κ2) is 8.61. The van der Waals surface area contributed by atoms with Gasteiger partial charge in [0.1, 0.15) is 0 Å². The fourth-order valence-electron chi connectivity index (χ4n) is 3.21. The number of nitrogens with two attached hydrogens (primary N) is 1. The maximum absolute atomic E-state index is 12.5. The first kappa shape index (κ1) is 21.4. The van der Waals surface area contributed by atoms with Crippen LogP contribution in [0.1, 0.15) is 34.1 Å². The number of hydrogen-bond donors (Lipinski definition) is 2. The highest BCUT2D eigenvalue weighted by molar-refractivity contribution is 6.21. The van der Waals surface area contributed by atoms with E-state index in [1.54, 1.807) is 18.2 Å². The van der Waals surface area contributed by atoms with Crippen molar-refractivity contribution >= 4 is 40.8 Å². The molecule has 0 atom stereocenters. The minimum absolute atomic E-state index is 0.00121. The number of nitrogen functional groups attached to an aromatic ring is 1. The van der Waals surface area contributed by atoms with Crippen LogP contribution in [0.15, 0.2) is 42.5 Å². The van der Waals surface area contributed by atoms with E-state index in [1.165, 1.54) is 25.1 Å². The van der Waals surface area contributed by atoms with Crippen molar-refractivity contribution in [2.24, 2.45) is 0 Å². The van der Waals surface area contributed by atoms with Crippen LogP contribution in [-0.2, 0) is 4.79 Å². The van der Waals surface area contributed by atoms with Gasteiger partial charge in [-0.25, -0.2) is 9.69 Å². The molecule has 0 aromatic heterocycles. The van der Waals surface area contributed by atoms with E-state index < -0.39 is 28.7 Å². The molecule has 3 rings (SSSR count). The van der Waals surface area contributed by atoms with Crippen molar-refractivity contribution < 1.29 is 24.1 Å². The first-order valence-electron chi connectivity index (χ1n) is 9.29. The van der Waals surface area contributed by atoms with Gasteiger partial charge in [0.05, 0.1) is 21.7 Å². The van der Waals surface area contributed by atoms with E-state index in [-0.39, 0.29) is 36.3 Å².